The number of furan rings is 1. The Labute approximate surface area is 145 Å². The van der Waals surface area contributed by atoms with Crippen molar-refractivity contribution in [3.05, 3.63) is 48.4 Å². The zero-order valence-corrected chi connectivity index (χ0v) is 14.3. The first kappa shape index (κ1) is 16.3. The van der Waals surface area contributed by atoms with E-state index in [0.717, 1.165) is 46.6 Å². The van der Waals surface area contributed by atoms with Crippen molar-refractivity contribution in [1.29, 1.82) is 5.26 Å². The maximum atomic E-state index is 8.62. The Balaban J connectivity index is 1.91. The third kappa shape index (κ3) is 3.52. The van der Waals surface area contributed by atoms with E-state index in [2.05, 4.69) is 20.8 Å². The van der Waals surface area contributed by atoms with Crippen LogP contribution in [0.25, 0.3) is 17.1 Å². The van der Waals surface area contributed by atoms with Crippen LogP contribution in [0.1, 0.15) is 25.0 Å². The number of benzene rings is 1. The van der Waals surface area contributed by atoms with Crippen molar-refractivity contribution in [3.63, 3.8) is 0 Å². The average Bonchev–Trinajstić information content (AvgIpc) is 3.21. The van der Waals surface area contributed by atoms with E-state index in [1.54, 1.807) is 18.0 Å². The second-order valence-electron chi connectivity index (χ2n) is 5.33. The van der Waals surface area contributed by atoms with Gasteiger partial charge in [0.2, 0.25) is 0 Å². The molecule has 5 nitrogen and oxygen atoms in total. The summed E-state index contributed by atoms with van der Waals surface area (Å²) in [5.41, 5.74) is 1.97. The molecule has 3 rings (SSSR count). The average molecular weight is 338 g/mol. The Morgan fingerprint density at radius 1 is 1.17 bits per heavy atom. The summed E-state index contributed by atoms with van der Waals surface area (Å²) in [6, 6.07) is 14.2. The summed E-state index contributed by atoms with van der Waals surface area (Å²) in [7, 11) is 0. The van der Waals surface area contributed by atoms with Crippen molar-refractivity contribution in [2.45, 2.75) is 31.3 Å². The van der Waals surface area contributed by atoms with E-state index in [0.29, 0.717) is 6.42 Å². The molecule has 3 aromatic rings. The maximum absolute atomic E-state index is 8.62. The number of para-hydroxylation sites is 1. The largest absolute Gasteiger partial charge is 0.469 e. The lowest BCUT2D eigenvalue weighted by atomic mass is 10.2. The number of unbranched alkanes of at least 4 members (excludes halogenated alkanes) is 2. The summed E-state index contributed by atoms with van der Waals surface area (Å²) >= 11 is 1.67. The van der Waals surface area contributed by atoms with Gasteiger partial charge in [-0.15, -0.1) is 10.2 Å². The molecule has 0 bridgehead atoms. The van der Waals surface area contributed by atoms with Crippen LogP contribution in [0.3, 0.4) is 0 Å². The number of nitrogens with zero attached hydrogens (tertiary/aromatic N) is 4. The van der Waals surface area contributed by atoms with Gasteiger partial charge in [0.05, 0.1) is 17.9 Å². The van der Waals surface area contributed by atoms with E-state index < -0.39 is 0 Å². The molecule has 0 N–H and O–H groups in total. The number of thioether (sulfide) groups is 1. The van der Waals surface area contributed by atoms with Gasteiger partial charge in [-0.3, -0.25) is 4.57 Å². The van der Waals surface area contributed by atoms with Crippen molar-refractivity contribution in [2.75, 3.05) is 5.75 Å². The molecule has 0 atom stereocenters. The smallest absolute Gasteiger partial charge is 0.196 e. The molecule has 2 heterocycles. The molecule has 0 aliphatic heterocycles. The third-order valence-electron chi connectivity index (χ3n) is 3.66. The van der Waals surface area contributed by atoms with Gasteiger partial charge >= 0.3 is 0 Å². The molecule has 0 aliphatic rings. The van der Waals surface area contributed by atoms with E-state index >= 15 is 0 Å². The number of hydrogen-bond donors (Lipinski definition) is 0. The zero-order valence-electron chi connectivity index (χ0n) is 13.5. The summed E-state index contributed by atoms with van der Waals surface area (Å²) < 4.78 is 7.49. The molecule has 6 heteroatoms. The van der Waals surface area contributed by atoms with Gasteiger partial charge in [-0.2, -0.15) is 5.26 Å². The Morgan fingerprint density at radius 2 is 2.00 bits per heavy atom. The monoisotopic (exact) mass is 338 g/mol. The summed E-state index contributed by atoms with van der Waals surface area (Å²) in [5.74, 6) is 2.52. The van der Waals surface area contributed by atoms with Crippen LogP contribution in [0, 0.1) is 18.3 Å². The first-order valence-electron chi connectivity index (χ1n) is 7.86. The Bertz CT molecular complexity index is 832. The molecule has 0 radical (unpaired) electrons. The van der Waals surface area contributed by atoms with E-state index in [1.165, 1.54) is 0 Å². The molecule has 0 amide bonds. The van der Waals surface area contributed by atoms with Crippen molar-refractivity contribution in [3.8, 4) is 23.1 Å². The lowest BCUT2D eigenvalue weighted by molar-refractivity contribution is 0.535. The molecule has 0 unspecified atom stereocenters. The van der Waals surface area contributed by atoms with Crippen LogP contribution in [-0.4, -0.2) is 20.5 Å². The summed E-state index contributed by atoms with van der Waals surface area (Å²) in [6.07, 6.45) is 4.17. The predicted octanol–water partition coefficient (Wildman–Crippen LogP) is 4.62. The lowest BCUT2D eigenvalue weighted by Crippen LogP contribution is -2.00. The number of aromatic nitrogens is 3. The SMILES string of the molecule is Cc1occc1-c1nnc(SCCCCC#N)n1-c1ccccc1. The van der Waals surface area contributed by atoms with Gasteiger partial charge in [0.25, 0.3) is 0 Å². The second-order valence-corrected chi connectivity index (χ2v) is 6.39. The minimum atomic E-state index is 0.603. The molecule has 0 aliphatic carbocycles. The quantitative estimate of drug-likeness (QED) is 0.464. The highest BCUT2D eigenvalue weighted by Crippen LogP contribution is 2.30. The normalized spacial score (nSPS) is 10.7. The van der Waals surface area contributed by atoms with Crippen LogP contribution in [0.2, 0.25) is 0 Å². The van der Waals surface area contributed by atoms with Gasteiger partial charge < -0.3 is 4.42 Å². The molecule has 24 heavy (non-hydrogen) atoms. The topological polar surface area (TPSA) is 67.6 Å². The highest BCUT2D eigenvalue weighted by molar-refractivity contribution is 7.99. The van der Waals surface area contributed by atoms with E-state index in [1.807, 2.05) is 43.3 Å². The molecular formula is C18H18N4OS. The van der Waals surface area contributed by atoms with Crippen LogP contribution in [0.15, 0.2) is 52.2 Å². The number of hydrogen-bond acceptors (Lipinski definition) is 5. The fourth-order valence-corrected chi connectivity index (χ4v) is 3.38. The van der Waals surface area contributed by atoms with Crippen molar-refractivity contribution in [1.82, 2.24) is 14.8 Å². The molecule has 2 aromatic heterocycles. The standard InChI is InChI=1S/C18H18N4OS/c1-14-16(10-12-23-14)17-20-21-18(24-13-7-3-6-11-19)22(17)15-8-4-2-5-9-15/h2,4-5,8-10,12H,3,6-7,13H2,1H3. The minimum Gasteiger partial charge on any atom is -0.469 e. The van der Waals surface area contributed by atoms with Gasteiger partial charge in [-0.1, -0.05) is 30.0 Å². The van der Waals surface area contributed by atoms with Gasteiger partial charge in [0.1, 0.15) is 5.76 Å². The summed E-state index contributed by atoms with van der Waals surface area (Å²) in [6.45, 7) is 1.92. The molecule has 0 saturated heterocycles. The number of rotatable bonds is 7. The molecule has 1 aromatic carbocycles. The van der Waals surface area contributed by atoms with Crippen molar-refractivity contribution < 1.29 is 4.42 Å². The lowest BCUT2D eigenvalue weighted by Gasteiger charge is -2.09. The predicted molar refractivity (Wildman–Crippen MR) is 94.0 cm³/mol. The van der Waals surface area contributed by atoms with Crippen molar-refractivity contribution in [2.24, 2.45) is 0 Å². The number of aryl methyl sites for hydroxylation is 1. The highest BCUT2D eigenvalue weighted by Gasteiger charge is 2.18. The van der Waals surface area contributed by atoms with Crippen LogP contribution in [0.4, 0.5) is 0 Å². The van der Waals surface area contributed by atoms with E-state index in [-0.39, 0.29) is 0 Å². The Morgan fingerprint density at radius 3 is 2.71 bits per heavy atom. The van der Waals surface area contributed by atoms with E-state index in [9.17, 15) is 0 Å². The van der Waals surface area contributed by atoms with Gasteiger partial charge in [-0.05, 0) is 38.0 Å². The van der Waals surface area contributed by atoms with Crippen LogP contribution in [-0.2, 0) is 0 Å². The fraction of sp³-hybridized carbons (Fsp3) is 0.278. The summed E-state index contributed by atoms with van der Waals surface area (Å²) in [5, 5.41) is 18.2. The van der Waals surface area contributed by atoms with Crippen LogP contribution in [0.5, 0.6) is 0 Å². The summed E-state index contributed by atoms with van der Waals surface area (Å²) in [4.78, 5) is 0. The molecule has 0 fully saturated rings. The minimum absolute atomic E-state index is 0.603. The third-order valence-corrected chi connectivity index (χ3v) is 4.68. The number of nitriles is 1. The van der Waals surface area contributed by atoms with Gasteiger partial charge in [-0.25, -0.2) is 0 Å². The Kier molecular flexibility index (Phi) is 5.34. The van der Waals surface area contributed by atoms with Crippen LogP contribution < -0.4 is 0 Å². The van der Waals surface area contributed by atoms with Crippen LogP contribution >= 0.6 is 11.8 Å². The van der Waals surface area contributed by atoms with Gasteiger partial charge in [0.15, 0.2) is 11.0 Å². The Hall–Kier alpha value is -2.52. The zero-order chi connectivity index (χ0) is 16.8. The van der Waals surface area contributed by atoms with Crippen molar-refractivity contribution >= 4 is 11.8 Å². The molecular weight excluding hydrogens is 320 g/mol. The van der Waals surface area contributed by atoms with Gasteiger partial charge in [0, 0.05) is 17.9 Å². The maximum Gasteiger partial charge on any atom is 0.196 e. The molecule has 0 saturated carbocycles. The first-order chi connectivity index (χ1) is 11.8. The highest BCUT2D eigenvalue weighted by atomic mass is 32.2. The molecule has 0 spiro atoms. The second kappa shape index (κ2) is 7.84. The van der Waals surface area contributed by atoms with E-state index in [4.69, 9.17) is 9.68 Å². The molecule has 122 valence electrons. The fourth-order valence-electron chi connectivity index (χ4n) is 2.43. The first-order valence-corrected chi connectivity index (χ1v) is 8.85.